The second-order valence-corrected chi connectivity index (χ2v) is 9.35. The van der Waals surface area contributed by atoms with Gasteiger partial charge in [0.05, 0.1) is 12.1 Å². The Morgan fingerprint density at radius 2 is 1.78 bits per heavy atom. The molecule has 0 atom stereocenters. The summed E-state index contributed by atoms with van der Waals surface area (Å²) in [6.07, 6.45) is 0.316. The van der Waals surface area contributed by atoms with Gasteiger partial charge in [0.15, 0.2) is 0 Å². The molecule has 2 aromatic carbocycles. The summed E-state index contributed by atoms with van der Waals surface area (Å²) in [5, 5.41) is 5.87. The van der Waals surface area contributed by atoms with E-state index in [1.54, 1.807) is 42.2 Å². The van der Waals surface area contributed by atoms with Crippen LogP contribution in [0.2, 0.25) is 5.02 Å². The molecule has 3 aliphatic rings. The summed E-state index contributed by atoms with van der Waals surface area (Å²) in [6, 6.07) is 14.2. The largest absolute Gasteiger partial charge is 0.464 e. The number of ether oxygens (including phenoxy) is 1. The van der Waals surface area contributed by atoms with E-state index in [-0.39, 0.29) is 23.9 Å². The van der Waals surface area contributed by atoms with Crippen molar-refractivity contribution in [3.8, 4) is 16.9 Å². The van der Waals surface area contributed by atoms with Gasteiger partial charge in [-0.25, -0.2) is 0 Å². The summed E-state index contributed by atoms with van der Waals surface area (Å²) in [7, 11) is 0. The van der Waals surface area contributed by atoms with Crippen LogP contribution in [0.4, 0.5) is 0 Å². The van der Waals surface area contributed by atoms with Crippen LogP contribution in [-0.4, -0.2) is 70.8 Å². The van der Waals surface area contributed by atoms with Crippen molar-refractivity contribution in [1.29, 1.82) is 0 Å². The van der Waals surface area contributed by atoms with Crippen LogP contribution in [0.25, 0.3) is 27.9 Å². The fraction of sp³-hybridized carbons (Fsp3) is 0.333. The first-order valence-corrected chi connectivity index (χ1v) is 12.7. The maximum absolute atomic E-state index is 13.5. The molecule has 3 heterocycles. The number of amides is 1. The summed E-state index contributed by atoms with van der Waals surface area (Å²) in [5.74, 6) is -0.0229. The predicted octanol–water partition coefficient (Wildman–Crippen LogP) is 3.38. The second-order valence-electron chi connectivity index (χ2n) is 8.91. The highest BCUT2D eigenvalue weighted by molar-refractivity contribution is 6.30. The normalized spacial score (nSPS) is 14.4. The number of piperazine rings is 1. The molecule has 0 bridgehead atoms. The lowest BCUT2D eigenvalue weighted by atomic mass is 10.0. The number of fused-ring (bicyclic) bond motifs is 3. The molecule has 9 nitrogen and oxygen atoms in total. The van der Waals surface area contributed by atoms with Crippen LogP contribution < -0.4 is 5.56 Å². The first kappa shape index (κ1) is 25.0. The number of para-hydroxylation sites is 1. The number of benzene rings is 2. The fourth-order valence-corrected chi connectivity index (χ4v) is 4.65. The SMILES string of the molecule is CCC(=O)OCCN1CCN(C(=O)Cc2oc3ccccc3c3nn(-c4ccc(Cl)cc4)c(=O)c2-3)CC1. The monoisotopic (exact) mass is 522 g/mol. The van der Waals surface area contributed by atoms with E-state index >= 15 is 0 Å². The quantitative estimate of drug-likeness (QED) is 0.343. The van der Waals surface area contributed by atoms with E-state index in [9.17, 15) is 14.4 Å². The van der Waals surface area contributed by atoms with Crippen LogP contribution >= 0.6 is 11.6 Å². The van der Waals surface area contributed by atoms with Gasteiger partial charge < -0.3 is 14.1 Å². The molecule has 37 heavy (non-hydrogen) atoms. The minimum atomic E-state index is -0.346. The maximum atomic E-state index is 13.5. The standard InChI is InChI=1S/C27H27ClN4O5/c1-2-24(34)36-16-15-30-11-13-31(14-12-30)23(33)17-22-25-26(20-5-3-4-6-21(20)37-22)29-32(27(25)35)19-9-7-18(28)8-10-19/h3-10H,2,11-17H2,1H3. The molecule has 0 N–H and O–H groups in total. The lowest BCUT2D eigenvalue weighted by molar-refractivity contribution is -0.143. The summed E-state index contributed by atoms with van der Waals surface area (Å²) >= 11 is 6.02. The molecule has 10 heteroatoms. The van der Waals surface area contributed by atoms with E-state index < -0.39 is 0 Å². The van der Waals surface area contributed by atoms with Gasteiger partial charge in [0.2, 0.25) is 5.91 Å². The lowest BCUT2D eigenvalue weighted by Crippen LogP contribution is -2.49. The Hall–Kier alpha value is -3.69. The van der Waals surface area contributed by atoms with Crippen molar-refractivity contribution in [3.63, 3.8) is 0 Å². The van der Waals surface area contributed by atoms with Gasteiger partial charge in [0, 0.05) is 49.6 Å². The number of halogens is 1. The maximum Gasteiger partial charge on any atom is 0.305 e. The zero-order valence-electron chi connectivity index (χ0n) is 20.5. The number of hydrogen-bond donors (Lipinski definition) is 0. The van der Waals surface area contributed by atoms with Gasteiger partial charge in [-0.15, -0.1) is 0 Å². The van der Waals surface area contributed by atoms with Crippen molar-refractivity contribution in [2.24, 2.45) is 0 Å². The van der Waals surface area contributed by atoms with Gasteiger partial charge in [-0.3, -0.25) is 19.3 Å². The molecular weight excluding hydrogens is 496 g/mol. The molecule has 2 aromatic rings. The number of aromatic nitrogens is 2. The first-order chi connectivity index (χ1) is 17.9. The molecule has 1 fully saturated rings. The first-order valence-electron chi connectivity index (χ1n) is 12.3. The van der Waals surface area contributed by atoms with Crippen LogP contribution in [0.15, 0.2) is 57.7 Å². The van der Waals surface area contributed by atoms with E-state index in [1.807, 2.05) is 18.2 Å². The fourth-order valence-electron chi connectivity index (χ4n) is 4.52. The van der Waals surface area contributed by atoms with Crippen molar-refractivity contribution in [1.82, 2.24) is 19.6 Å². The third-order valence-electron chi connectivity index (χ3n) is 6.56. The molecule has 0 saturated carbocycles. The molecule has 0 radical (unpaired) electrons. The average Bonchev–Trinajstić information content (AvgIpc) is 3.27. The van der Waals surface area contributed by atoms with Crippen LogP contribution in [0.5, 0.6) is 0 Å². The topological polar surface area (TPSA) is 97.9 Å². The summed E-state index contributed by atoms with van der Waals surface area (Å²) in [6.45, 7) is 5.20. The predicted molar refractivity (Wildman–Crippen MR) is 139 cm³/mol. The van der Waals surface area contributed by atoms with Gasteiger partial charge in [0.1, 0.15) is 29.2 Å². The van der Waals surface area contributed by atoms with Crippen molar-refractivity contribution in [3.05, 3.63) is 69.7 Å². The Balaban J connectivity index is 1.37. The molecular formula is C27H27ClN4O5. The number of carbonyl (C=O) groups excluding carboxylic acids is 2. The van der Waals surface area contributed by atoms with Crippen LogP contribution in [0.1, 0.15) is 19.1 Å². The Labute approximate surface area is 218 Å². The third kappa shape index (κ3) is 5.23. The van der Waals surface area contributed by atoms with Crippen molar-refractivity contribution in [2.45, 2.75) is 19.8 Å². The van der Waals surface area contributed by atoms with Gasteiger partial charge in [-0.2, -0.15) is 9.78 Å². The van der Waals surface area contributed by atoms with Crippen LogP contribution in [0.3, 0.4) is 0 Å². The zero-order chi connectivity index (χ0) is 25.9. The molecule has 3 aliphatic heterocycles. The van der Waals surface area contributed by atoms with E-state index in [2.05, 4.69) is 10.00 Å². The number of carbonyl (C=O) groups is 2. The van der Waals surface area contributed by atoms with Crippen molar-refractivity contribution >= 4 is 34.4 Å². The minimum absolute atomic E-state index is 0.0446. The molecule has 0 unspecified atom stereocenters. The van der Waals surface area contributed by atoms with Crippen LogP contribution in [-0.2, 0) is 20.7 Å². The molecule has 1 saturated heterocycles. The third-order valence-corrected chi connectivity index (χ3v) is 6.82. The number of nitrogens with zero attached hydrogens (tertiary/aromatic N) is 4. The van der Waals surface area contributed by atoms with Gasteiger partial charge in [-0.05, 0) is 36.4 Å². The van der Waals surface area contributed by atoms with Gasteiger partial charge in [0.25, 0.3) is 5.56 Å². The Morgan fingerprint density at radius 3 is 2.51 bits per heavy atom. The highest BCUT2D eigenvalue weighted by Gasteiger charge is 2.29. The minimum Gasteiger partial charge on any atom is -0.464 e. The lowest BCUT2D eigenvalue weighted by Gasteiger charge is -2.34. The number of rotatable bonds is 7. The van der Waals surface area contributed by atoms with Gasteiger partial charge in [-0.1, -0.05) is 30.7 Å². The van der Waals surface area contributed by atoms with E-state index in [4.69, 9.17) is 20.8 Å². The molecule has 0 aliphatic carbocycles. The highest BCUT2D eigenvalue weighted by atomic mass is 35.5. The summed E-state index contributed by atoms with van der Waals surface area (Å²) in [4.78, 5) is 42.0. The van der Waals surface area contributed by atoms with Crippen LogP contribution in [0, 0.1) is 0 Å². The highest BCUT2D eigenvalue weighted by Crippen LogP contribution is 2.32. The molecule has 1 amide bonds. The second kappa shape index (κ2) is 10.7. The van der Waals surface area contributed by atoms with E-state index in [0.29, 0.717) is 84.4 Å². The van der Waals surface area contributed by atoms with Crippen molar-refractivity contribution < 1.29 is 18.7 Å². The number of hydrogen-bond acceptors (Lipinski definition) is 7. The Bertz CT molecular complexity index is 1450. The molecule has 0 aromatic heterocycles. The smallest absolute Gasteiger partial charge is 0.305 e. The summed E-state index contributed by atoms with van der Waals surface area (Å²) in [5.41, 5.74) is 1.59. The van der Waals surface area contributed by atoms with E-state index in [1.165, 1.54) is 4.68 Å². The Morgan fingerprint density at radius 1 is 1.05 bits per heavy atom. The summed E-state index contributed by atoms with van der Waals surface area (Å²) < 4.78 is 12.6. The van der Waals surface area contributed by atoms with Gasteiger partial charge >= 0.3 is 5.97 Å². The zero-order valence-corrected chi connectivity index (χ0v) is 21.2. The molecule has 192 valence electrons. The van der Waals surface area contributed by atoms with Crippen molar-refractivity contribution in [2.75, 3.05) is 39.3 Å². The molecule has 0 spiro atoms. The Kier molecular flexibility index (Phi) is 7.25. The average molecular weight is 523 g/mol. The van der Waals surface area contributed by atoms with E-state index in [0.717, 1.165) is 0 Å². The molecule has 5 rings (SSSR count). The number of esters is 1.